The van der Waals surface area contributed by atoms with Crippen molar-refractivity contribution in [3.63, 3.8) is 0 Å². The van der Waals surface area contributed by atoms with E-state index in [1.807, 2.05) is 6.07 Å². The maximum absolute atomic E-state index is 12.0. The van der Waals surface area contributed by atoms with E-state index in [-0.39, 0.29) is 17.5 Å². The molecule has 1 amide bonds. The maximum atomic E-state index is 12.0. The van der Waals surface area contributed by atoms with Gasteiger partial charge in [0.15, 0.2) is 0 Å². The number of carboxylic acids is 1. The van der Waals surface area contributed by atoms with Crippen molar-refractivity contribution in [2.24, 2.45) is 5.92 Å². The summed E-state index contributed by atoms with van der Waals surface area (Å²) < 4.78 is 0. The molecule has 0 bridgehead atoms. The summed E-state index contributed by atoms with van der Waals surface area (Å²) in [6.07, 6.45) is 6.98. The summed E-state index contributed by atoms with van der Waals surface area (Å²) >= 11 is 0. The van der Waals surface area contributed by atoms with E-state index in [4.69, 9.17) is 10.4 Å². The van der Waals surface area contributed by atoms with Crippen molar-refractivity contribution in [1.82, 2.24) is 10.6 Å². The number of nitrogens with one attached hydrogen (secondary N) is 2. The Morgan fingerprint density at radius 3 is 2.38 bits per heavy atom. The van der Waals surface area contributed by atoms with Crippen LogP contribution in [0.3, 0.4) is 0 Å². The van der Waals surface area contributed by atoms with Crippen LogP contribution in [-0.2, 0) is 9.59 Å². The van der Waals surface area contributed by atoms with Crippen molar-refractivity contribution in [3.8, 4) is 6.07 Å². The van der Waals surface area contributed by atoms with Gasteiger partial charge in [-0.3, -0.25) is 4.79 Å². The van der Waals surface area contributed by atoms with Crippen molar-refractivity contribution >= 4 is 11.9 Å². The fourth-order valence-corrected chi connectivity index (χ4v) is 2.35. The van der Waals surface area contributed by atoms with Gasteiger partial charge in [0.05, 0.1) is 0 Å². The Hall–Kier alpha value is -2.03. The summed E-state index contributed by atoms with van der Waals surface area (Å²) in [5.74, 6) is -2.00. The van der Waals surface area contributed by atoms with Gasteiger partial charge in [-0.05, 0) is 18.8 Å². The third-order valence-corrected chi connectivity index (χ3v) is 3.65. The molecule has 3 N–H and O–H groups in total. The Labute approximate surface area is 125 Å². The summed E-state index contributed by atoms with van der Waals surface area (Å²) in [5, 5.41) is 23.6. The highest BCUT2D eigenvalue weighted by Crippen LogP contribution is 2.17. The van der Waals surface area contributed by atoms with Crippen LogP contribution in [0.1, 0.15) is 46.0 Å². The molecule has 0 aromatic carbocycles. The first-order valence-corrected chi connectivity index (χ1v) is 7.35. The van der Waals surface area contributed by atoms with Gasteiger partial charge in [0.25, 0.3) is 5.91 Å². The van der Waals surface area contributed by atoms with Crippen LogP contribution in [0, 0.1) is 17.2 Å². The van der Waals surface area contributed by atoms with E-state index in [2.05, 4.69) is 10.6 Å². The molecule has 0 heterocycles. The number of rotatable bonds is 6. The molecule has 0 aromatic rings. The largest absolute Gasteiger partial charge is 0.480 e. The summed E-state index contributed by atoms with van der Waals surface area (Å²) in [7, 11) is 0. The molecule has 1 atom stereocenters. The van der Waals surface area contributed by atoms with Gasteiger partial charge < -0.3 is 15.7 Å². The van der Waals surface area contributed by atoms with Gasteiger partial charge in [0.1, 0.15) is 17.7 Å². The fourth-order valence-electron chi connectivity index (χ4n) is 2.35. The zero-order valence-electron chi connectivity index (χ0n) is 12.6. The van der Waals surface area contributed by atoms with Crippen LogP contribution in [0.4, 0.5) is 0 Å². The molecular weight excluding hydrogens is 270 g/mol. The molecule has 1 rings (SSSR count). The Morgan fingerprint density at radius 2 is 1.90 bits per heavy atom. The zero-order valence-corrected chi connectivity index (χ0v) is 12.6. The van der Waals surface area contributed by atoms with E-state index >= 15 is 0 Å². The number of carboxylic acid groups (broad SMARTS) is 1. The van der Waals surface area contributed by atoms with Crippen LogP contribution in [0.2, 0.25) is 0 Å². The molecular formula is C15H23N3O3. The highest BCUT2D eigenvalue weighted by atomic mass is 16.4. The van der Waals surface area contributed by atoms with E-state index in [1.165, 1.54) is 12.6 Å². The van der Waals surface area contributed by atoms with E-state index in [0.29, 0.717) is 0 Å². The van der Waals surface area contributed by atoms with E-state index in [9.17, 15) is 9.59 Å². The maximum Gasteiger partial charge on any atom is 0.326 e. The van der Waals surface area contributed by atoms with Gasteiger partial charge in [0, 0.05) is 12.2 Å². The molecule has 1 unspecified atom stereocenters. The minimum atomic E-state index is -1.10. The van der Waals surface area contributed by atoms with E-state index < -0.39 is 17.9 Å². The van der Waals surface area contributed by atoms with Crippen LogP contribution < -0.4 is 10.6 Å². The smallest absolute Gasteiger partial charge is 0.326 e. The predicted molar refractivity (Wildman–Crippen MR) is 78.1 cm³/mol. The normalized spacial score (nSPS) is 17.9. The van der Waals surface area contributed by atoms with Crippen LogP contribution in [-0.4, -0.2) is 29.1 Å². The first-order chi connectivity index (χ1) is 9.95. The second-order valence-corrected chi connectivity index (χ2v) is 5.70. The topological polar surface area (TPSA) is 102 Å². The standard InChI is InChI=1S/C15H23N3O3/c1-10(2)13(15(20)21)18-14(19)11(8-16)9-17-12-6-4-3-5-7-12/h9-10,12-13,17H,3-7H2,1-2H3,(H,18,19)(H,20,21)/b11-9-. The number of aliphatic carboxylic acids is 1. The number of carbonyl (C=O) groups is 2. The van der Waals surface area contributed by atoms with Gasteiger partial charge >= 0.3 is 5.97 Å². The van der Waals surface area contributed by atoms with Gasteiger partial charge in [-0.15, -0.1) is 0 Å². The number of nitrogens with zero attached hydrogens (tertiary/aromatic N) is 1. The van der Waals surface area contributed by atoms with Gasteiger partial charge in [0.2, 0.25) is 0 Å². The molecule has 0 saturated heterocycles. The first kappa shape index (κ1) is 17.0. The Balaban J connectivity index is 2.63. The predicted octanol–water partition coefficient (Wildman–Crippen LogP) is 1.54. The highest BCUT2D eigenvalue weighted by molar-refractivity contribution is 5.99. The molecule has 1 fully saturated rings. The quantitative estimate of drug-likeness (QED) is 0.509. The minimum Gasteiger partial charge on any atom is -0.480 e. The molecule has 1 aliphatic carbocycles. The number of hydrogen-bond acceptors (Lipinski definition) is 4. The highest BCUT2D eigenvalue weighted by Gasteiger charge is 2.25. The monoisotopic (exact) mass is 293 g/mol. The molecule has 0 spiro atoms. The van der Waals surface area contributed by atoms with Gasteiger partial charge in [-0.1, -0.05) is 33.1 Å². The zero-order chi connectivity index (χ0) is 15.8. The van der Waals surface area contributed by atoms with Crippen LogP contribution in [0.5, 0.6) is 0 Å². The van der Waals surface area contributed by atoms with Crippen LogP contribution in [0.15, 0.2) is 11.8 Å². The number of hydrogen-bond donors (Lipinski definition) is 3. The van der Waals surface area contributed by atoms with Crippen molar-refractivity contribution in [1.29, 1.82) is 5.26 Å². The number of carbonyl (C=O) groups excluding carboxylic acids is 1. The molecule has 116 valence electrons. The first-order valence-electron chi connectivity index (χ1n) is 7.35. The summed E-state index contributed by atoms with van der Waals surface area (Å²) in [5.41, 5.74) is -0.0903. The lowest BCUT2D eigenvalue weighted by Gasteiger charge is -2.22. The molecule has 1 saturated carbocycles. The second-order valence-electron chi connectivity index (χ2n) is 5.70. The molecule has 0 aliphatic heterocycles. The van der Waals surface area contributed by atoms with E-state index in [0.717, 1.165) is 25.7 Å². The summed E-state index contributed by atoms with van der Waals surface area (Å²) in [6, 6.07) is 1.11. The molecule has 0 radical (unpaired) electrons. The van der Waals surface area contributed by atoms with E-state index in [1.54, 1.807) is 13.8 Å². The Kier molecular flexibility index (Phi) is 6.73. The minimum absolute atomic E-state index is 0.0903. The molecule has 21 heavy (non-hydrogen) atoms. The van der Waals surface area contributed by atoms with Crippen molar-refractivity contribution in [2.45, 2.75) is 58.0 Å². The number of nitriles is 1. The lowest BCUT2D eigenvalue weighted by atomic mass is 9.96. The molecule has 6 nitrogen and oxygen atoms in total. The molecule has 0 aromatic heterocycles. The van der Waals surface area contributed by atoms with Gasteiger partial charge in [-0.2, -0.15) is 5.26 Å². The molecule has 6 heteroatoms. The average Bonchev–Trinajstić information content (AvgIpc) is 2.45. The Bertz CT molecular complexity index is 446. The van der Waals surface area contributed by atoms with Crippen LogP contribution in [0.25, 0.3) is 0 Å². The SMILES string of the molecule is CC(C)C(NC(=O)/C(C#N)=C\NC1CCCCC1)C(=O)O. The number of amides is 1. The Morgan fingerprint density at radius 1 is 1.29 bits per heavy atom. The lowest BCUT2D eigenvalue weighted by molar-refractivity contribution is -0.142. The fraction of sp³-hybridized carbons (Fsp3) is 0.667. The van der Waals surface area contributed by atoms with Crippen molar-refractivity contribution < 1.29 is 14.7 Å². The second kappa shape index (κ2) is 8.30. The van der Waals surface area contributed by atoms with Crippen molar-refractivity contribution in [3.05, 3.63) is 11.8 Å². The third-order valence-electron chi connectivity index (χ3n) is 3.65. The van der Waals surface area contributed by atoms with Crippen LogP contribution >= 0.6 is 0 Å². The molecule has 1 aliphatic rings. The van der Waals surface area contributed by atoms with Crippen molar-refractivity contribution in [2.75, 3.05) is 0 Å². The van der Waals surface area contributed by atoms with Gasteiger partial charge in [-0.25, -0.2) is 4.79 Å². The third kappa shape index (κ3) is 5.46. The average molecular weight is 293 g/mol. The summed E-state index contributed by atoms with van der Waals surface area (Å²) in [6.45, 7) is 3.41. The summed E-state index contributed by atoms with van der Waals surface area (Å²) in [4.78, 5) is 23.0. The lowest BCUT2D eigenvalue weighted by Crippen LogP contribution is -2.45.